The number of hydrogen-bond donors (Lipinski definition) is 1. The maximum Gasteiger partial charge on any atom is 0.308 e. The van der Waals surface area contributed by atoms with Crippen molar-refractivity contribution in [3.63, 3.8) is 0 Å². The Morgan fingerprint density at radius 1 is 0.635 bits per heavy atom. The molecule has 1 spiro atoms. The Hall–Kier alpha value is -1.18. The highest BCUT2D eigenvalue weighted by molar-refractivity contribution is 5.73. The van der Waals surface area contributed by atoms with Crippen molar-refractivity contribution in [3.05, 3.63) is 0 Å². The lowest BCUT2D eigenvalue weighted by molar-refractivity contribution is -0.157. The first-order valence-electron chi connectivity index (χ1n) is 22.9. The van der Waals surface area contributed by atoms with Gasteiger partial charge in [-0.3, -0.25) is 14.5 Å². The van der Waals surface area contributed by atoms with E-state index in [1.807, 2.05) is 0 Å². The van der Waals surface area contributed by atoms with Crippen LogP contribution in [0.4, 0.5) is 0 Å². The molecule has 0 bridgehead atoms. The van der Waals surface area contributed by atoms with Crippen LogP contribution < -0.4 is 0 Å². The molecule has 4 rings (SSSR count). The Labute approximate surface area is 320 Å². The Morgan fingerprint density at radius 3 is 1.69 bits per heavy atom. The number of ether oxygens (including phenoxy) is 2. The number of likely N-dealkylation sites (tertiary alicyclic amines) is 2. The number of esters is 2. The fraction of sp³-hybridized carbons (Fsp3) is 0.956. The molecule has 2 aliphatic heterocycles. The maximum absolute atomic E-state index is 13.9. The van der Waals surface area contributed by atoms with Gasteiger partial charge in [-0.05, 0) is 114 Å². The van der Waals surface area contributed by atoms with Crippen molar-refractivity contribution in [1.29, 1.82) is 0 Å². The number of carbonyl (C=O) groups excluding carboxylic acids is 2. The predicted octanol–water partition coefficient (Wildman–Crippen LogP) is 10.1. The van der Waals surface area contributed by atoms with Crippen molar-refractivity contribution in [1.82, 2.24) is 9.80 Å². The van der Waals surface area contributed by atoms with E-state index in [9.17, 15) is 14.7 Å². The van der Waals surface area contributed by atoms with Crippen LogP contribution in [-0.2, 0) is 19.1 Å². The fourth-order valence-electron chi connectivity index (χ4n) is 10.2. The van der Waals surface area contributed by atoms with Gasteiger partial charge in [0.1, 0.15) is 13.2 Å². The van der Waals surface area contributed by atoms with Crippen LogP contribution in [-0.4, -0.2) is 85.4 Å². The summed E-state index contributed by atoms with van der Waals surface area (Å²) in [5.41, 5.74) is 0.399. The van der Waals surface area contributed by atoms with Crippen LogP contribution in [0.3, 0.4) is 0 Å². The highest BCUT2D eigenvalue weighted by atomic mass is 16.5. The zero-order valence-electron chi connectivity index (χ0n) is 34.1. The Bertz CT molecular complexity index is 945. The summed E-state index contributed by atoms with van der Waals surface area (Å²) in [5, 5.41) is 9.20. The van der Waals surface area contributed by atoms with Crippen LogP contribution in [0.1, 0.15) is 187 Å². The summed E-state index contributed by atoms with van der Waals surface area (Å²) in [7, 11) is 0. The number of hydrogen-bond acceptors (Lipinski definition) is 7. The quantitative estimate of drug-likeness (QED) is 0.0782. The van der Waals surface area contributed by atoms with Gasteiger partial charge in [-0.15, -0.1) is 0 Å². The third-order valence-corrected chi connectivity index (χ3v) is 13.9. The molecular weight excluding hydrogens is 649 g/mol. The minimum Gasteiger partial charge on any atom is -0.464 e. The molecule has 302 valence electrons. The van der Waals surface area contributed by atoms with Gasteiger partial charge in [0.2, 0.25) is 0 Å². The second kappa shape index (κ2) is 25.1. The summed E-state index contributed by atoms with van der Waals surface area (Å²) in [6.07, 6.45) is 31.9. The van der Waals surface area contributed by atoms with E-state index in [2.05, 4.69) is 23.6 Å². The van der Waals surface area contributed by atoms with Crippen molar-refractivity contribution in [2.75, 3.05) is 52.5 Å². The highest BCUT2D eigenvalue weighted by Crippen LogP contribution is 2.42. The van der Waals surface area contributed by atoms with E-state index in [1.54, 1.807) is 0 Å². The maximum atomic E-state index is 13.9. The van der Waals surface area contributed by atoms with Crippen LogP contribution in [0.25, 0.3) is 0 Å². The number of rotatable bonds is 24. The van der Waals surface area contributed by atoms with Crippen molar-refractivity contribution in [2.45, 2.75) is 193 Å². The van der Waals surface area contributed by atoms with Crippen LogP contribution in [0.2, 0.25) is 0 Å². The zero-order chi connectivity index (χ0) is 36.9. The summed E-state index contributed by atoms with van der Waals surface area (Å²) in [4.78, 5) is 32.7. The molecule has 1 N–H and O–H groups in total. The van der Waals surface area contributed by atoms with Gasteiger partial charge < -0.3 is 19.5 Å². The molecule has 2 heterocycles. The molecule has 2 saturated carbocycles. The van der Waals surface area contributed by atoms with E-state index < -0.39 is 0 Å². The van der Waals surface area contributed by atoms with Crippen LogP contribution in [0.15, 0.2) is 0 Å². The molecule has 0 aromatic rings. The number of nitrogens with zero attached hydrogens (tertiary/aromatic N) is 2. The largest absolute Gasteiger partial charge is 0.464 e. The van der Waals surface area contributed by atoms with Gasteiger partial charge in [-0.25, -0.2) is 0 Å². The Balaban J connectivity index is 1.36. The molecule has 3 atom stereocenters. The lowest BCUT2D eigenvalue weighted by Crippen LogP contribution is -2.52. The lowest BCUT2D eigenvalue weighted by atomic mass is 9.71. The van der Waals surface area contributed by atoms with Crippen LogP contribution in [0, 0.1) is 29.1 Å². The van der Waals surface area contributed by atoms with E-state index in [1.165, 1.54) is 122 Å². The van der Waals surface area contributed by atoms with Gasteiger partial charge >= 0.3 is 11.9 Å². The SMILES string of the molecule is CCCCCCCCC(CC1CCCCC1)C(=O)OCC(COC(=O)C(CCC)CC1CCCCC1)N1CCC2(CCN(CCCCO)CC2)CC1. The molecule has 52 heavy (non-hydrogen) atoms. The van der Waals surface area contributed by atoms with Gasteiger partial charge in [0.15, 0.2) is 0 Å². The van der Waals surface area contributed by atoms with E-state index in [4.69, 9.17) is 9.47 Å². The molecule has 0 aromatic carbocycles. The highest BCUT2D eigenvalue weighted by Gasteiger charge is 2.40. The van der Waals surface area contributed by atoms with Gasteiger partial charge in [-0.2, -0.15) is 0 Å². The lowest BCUT2D eigenvalue weighted by Gasteiger charge is -2.48. The molecule has 7 nitrogen and oxygen atoms in total. The van der Waals surface area contributed by atoms with Gasteiger partial charge in [0, 0.05) is 6.61 Å². The standard InChI is InChI=1S/C45H82N2O5/c1-3-5-6-7-8-15-23-41(35-39-21-13-10-14-22-39)44(50)52-37-42(36-51-43(49)40(18-4-2)34-38-19-11-9-12-20-38)47-31-26-45(27-32-47)24-29-46(30-25-45)28-16-17-33-48/h38-42,48H,3-37H2,1-2H3. The number of piperidine rings is 2. The number of unbranched alkanes of at least 4 members (excludes halogenated alkanes) is 6. The second-order valence-corrected chi connectivity index (χ2v) is 17.9. The van der Waals surface area contributed by atoms with E-state index in [0.29, 0.717) is 37.1 Å². The van der Waals surface area contributed by atoms with E-state index >= 15 is 0 Å². The molecule has 4 fully saturated rings. The third kappa shape index (κ3) is 15.5. The van der Waals surface area contributed by atoms with E-state index in [0.717, 1.165) is 84.1 Å². The molecule has 2 aliphatic carbocycles. The smallest absolute Gasteiger partial charge is 0.308 e. The first-order valence-corrected chi connectivity index (χ1v) is 22.9. The minimum atomic E-state index is -0.0786. The molecule has 0 amide bonds. The Kier molecular flexibility index (Phi) is 21.0. The van der Waals surface area contributed by atoms with Gasteiger partial charge in [0.25, 0.3) is 0 Å². The summed E-state index contributed by atoms with van der Waals surface area (Å²) >= 11 is 0. The molecular formula is C45H82N2O5. The first kappa shape index (κ1) is 43.5. The second-order valence-electron chi connectivity index (χ2n) is 17.9. The van der Waals surface area contributed by atoms with Crippen molar-refractivity contribution >= 4 is 11.9 Å². The topological polar surface area (TPSA) is 79.3 Å². The fourth-order valence-corrected chi connectivity index (χ4v) is 10.2. The van der Waals surface area contributed by atoms with Crippen molar-refractivity contribution in [3.8, 4) is 0 Å². The Morgan fingerprint density at radius 2 is 1.15 bits per heavy atom. The number of aliphatic hydroxyl groups excluding tert-OH is 1. The number of aliphatic hydroxyl groups is 1. The van der Waals surface area contributed by atoms with E-state index in [-0.39, 0.29) is 29.8 Å². The summed E-state index contributed by atoms with van der Waals surface area (Å²) in [6, 6.07) is -0.0786. The van der Waals surface area contributed by atoms with Crippen molar-refractivity contribution in [2.24, 2.45) is 29.1 Å². The normalized spacial score (nSPS) is 22.6. The first-order chi connectivity index (χ1) is 25.4. The average molecular weight is 731 g/mol. The average Bonchev–Trinajstić information content (AvgIpc) is 3.17. The summed E-state index contributed by atoms with van der Waals surface area (Å²) in [6.45, 7) is 10.8. The molecule has 4 aliphatic rings. The van der Waals surface area contributed by atoms with Gasteiger partial charge in [-0.1, -0.05) is 123 Å². The van der Waals surface area contributed by atoms with Crippen LogP contribution in [0.5, 0.6) is 0 Å². The molecule has 0 radical (unpaired) electrons. The zero-order valence-corrected chi connectivity index (χ0v) is 34.1. The minimum absolute atomic E-state index is 0.00124. The molecule has 0 aromatic heterocycles. The monoisotopic (exact) mass is 731 g/mol. The summed E-state index contributed by atoms with van der Waals surface area (Å²) < 4.78 is 12.6. The molecule has 2 saturated heterocycles. The molecule has 3 unspecified atom stereocenters. The van der Waals surface area contributed by atoms with Gasteiger partial charge in [0.05, 0.1) is 17.9 Å². The van der Waals surface area contributed by atoms with Crippen molar-refractivity contribution < 1.29 is 24.2 Å². The summed E-state index contributed by atoms with van der Waals surface area (Å²) in [5.74, 6) is 1.27. The van der Waals surface area contributed by atoms with Crippen LogP contribution >= 0.6 is 0 Å². The number of carbonyl (C=O) groups is 2. The predicted molar refractivity (Wildman–Crippen MR) is 213 cm³/mol. The molecule has 7 heteroatoms. The third-order valence-electron chi connectivity index (χ3n) is 13.9.